The second kappa shape index (κ2) is 5.95. The monoisotopic (exact) mass is 354 g/mol. The molecule has 0 radical (unpaired) electrons. The number of amides is 1. The van der Waals surface area contributed by atoms with Crippen molar-refractivity contribution in [1.82, 2.24) is 18.9 Å². The summed E-state index contributed by atoms with van der Waals surface area (Å²) in [4.78, 5) is 32.4. The molecule has 0 aliphatic carbocycles. The first kappa shape index (κ1) is 16.8. The Morgan fingerprint density at radius 3 is 2.62 bits per heavy atom. The average Bonchev–Trinajstić information content (AvgIpc) is 2.92. The Kier molecular flexibility index (Phi) is 3.84. The molecular formula is C19H22N4O3. The van der Waals surface area contributed by atoms with Crippen molar-refractivity contribution in [3.8, 4) is 0 Å². The van der Waals surface area contributed by atoms with Gasteiger partial charge in [0.1, 0.15) is 17.0 Å². The number of hydrogen-bond donors (Lipinski definition) is 0. The van der Waals surface area contributed by atoms with Crippen molar-refractivity contribution in [2.24, 2.45) is 7.05 Å². The molecule has 3 aromatic rings. The SMILES string of the molecule is Cc1cccn2c(=O)c3cc(C(=O)N4C[C@H](C)O[C@@H](C)C4)n(C)c3nc12. The van der Waals surface area contributed by atoms with E-state index in [2.05, 4.69) is 4.98 Å². The molecule has 0 N–H and O–H groups in total. The van der Waals surface area contributed by atoms with E-state index in [1.165, 1.54) is 4.40 Å². The molecule has 7 nitrogen and oxygen atoms in total. The zero-order valence-corrected chi connectivity index (χ0v) is 15.4. The Balaban J connectivity index is 1.87. The Morgan fingerprint density at radius 1 is 1.23 bits per heavy atom. The molecule has 2 atom stereocenters. The third-order valence-electron chi connectivity index (χ3n) is 4.95. The van der Waals surface area contributed by atoms with Gasteiger partial charge in [0.05, 0.1) is 17.6 Å². The first-order valence-corrected chi connectivity index (χ1v) is 8.79. The van der Waals surface area contributed by atoms with Crippen LogP contribution in [0.2, 0.25) is 0 Å². The molecule has 26 heavy (non-hydrogen) atoms. The second-order valence-corrected chi connectivity index (χ2v) is 7.10. The molecule has 0 unspecified atom stereocenters. The maximum Gasteiger partial charge on any atom is 0.270 e. The third-order valence-corrected chi connectivity index (χ3v) is 4.95. The number of aryl methyl sites for hydroxylation is 2. The largest absolute Gasteiger partial charge is 0.372 e. The van der Waals surface area contributed by atoms with Gasteiger partial charge in [-0.15, -0.1) is 0 Å². The van der Waals surface area contributed by atoms with Gasteiger partial charge in [0.25, 0.3) is 11.5 Å². The van der Waals surface area contributed by atoms with E-state index in [1.54, 1.807) is 28.8 Å². The van der Waals surface area contributed by atoms with Crippen LogP contribution in [0.25, 0.3) is 16.7 Å². The summed E-state index contributed by atoms with van der Waals surface area (Å²) >= 11 is 0. The minimum absolute atomic E-state index is 0.00799. The highest BCUT2D eigenvalue weighted by Gasteiger charge is 2.29. The lowest BCUT2D eigenvalue weighted by Gasteiger charge is -2.35. The molecule has 136 valence electrons. The van der Waals surface area contributed by atoms with Crippen LogP contribution in [0.15, 0.2) is 29.2 Å². The zero-order chi connectivity index (χ0) is 18.6. The van der Waals surface area contributed by atoms with Crippen molar-refractivity contribution in [3.63, 3.8) is 0 Å². The van der Waals surface area contributed by atoms with E-state index in [-0.39, 0.29) is 23.7 Å². The van der Waals surface area contributed by atoms with E-state index in [0.717, 1.165) is 5.56 Å². The number of aromatic nitrogens is 3. The molecule has 1 amide bonds. The van der Waals surface area contributed by atoms with Gasteiger partial charge in [-0.3, -0.25) is 14.0 Å². The van der Waals surface area contributed by atoms with Crippen LogP contribution in [-0.4, -0.2) is 50.1 Å². The van der Waals surface area contributed by atoms with Gasteiger partial charge in [0.15, 0.2) is 0 Å². The van der Waals surface area contributed by atoms with Crippen LogP contribution >= 0.6 is 0 Å². The molecule has 0 spiro atoms. The van der Waals surface area contributed by atoms with Crippen LogP contribution in [0.1, 0.15) is 29.9 Å². The number of nitrogens with zero attached hydrogens (tertiary/aromatic N) is 4. The first-order valence-electron chi connectivity index (χ1n) is 8.79. The molecule has 4 rings (SSSR count). The van der Waals surface area contributed by atoms with Crippen LogP contribution in [0, 0.1) is 6.92 Å². The Hall–Kier alpha value is -2.67. The van der Waals surface area contributed by atoms with Gasteiger partial charge >= 0.3 is 0 Å². The lowest BCUT2D eigenvalue weighted by atomic mass is 10.2. The molecule has 1 fully saturated rings. The van der Waals surface area contributed by atoms with Crippen molar-refractivity contribution in [1.29, 1.82) is 0 Å². The number of ether oxygens (including phenoxy) is 1. The highest BCUT2D eigenvalue weighted by molar-refractivity contribution is 5.98. The number of morpholine rings is 1. The first-order chi connectivity index (χ1) is 12.4. The normalized spacial score (nSPS) is 20.8. The summed E-state index contributed by atoms with van der Waals surface area (Å²) in [5.74, 6) is -0.0994. The summed E-state index contributed by atoms with van der Waals surface area (Å²) in [6.45, 7) is 6.91. The van der Waals surface area contributed by atoms with Crippen molar-refractivity contribution < 1.29 is 9.53 Å². The summed E-state index contributed by atoms with van der Waals surface area (Å²) in [6.07, 6.45) is 1.69. The van der Waals surface area contributed by atoms with Crippen molar-refractivity contribution >= 4 is 22.6 Å². The van der Waals surface area contributed by atoms with Crippen molar-refractivity contribution in [2.45, 2.75) is 33.0 Å². The van der Waals surface area contributed by atoms with Gasteiger partial charge in [-0.1, -0.05) is 6.07 Å². The van der Waals surface area contributed by atoms with Crippen LogP contribution in [0.4, 0.5) is 0 Å². The van der Waals surface area contributed by atoms with Gasteiger partial charge in [-0.2, -0.15) is 0 Å². The predicted octanol–water partition coefficient (Wildman–Crippen LogP) is 1.74. The second-order valence-electron chi connectivity index (χ2n) is 7.10. The summed E-state index contributed by atoms with van der Waals surface area (Å²) in [7, 11) is 1.78. The van der Waals surface area contributed by atoms with Gasteiger partial charge in [-0.25, -0.2) is 4.98 Å². The summed E-state index contributed by atoms with van der Waals surface area (Å²) < 4.78 is 8.96. The summed E-state index contributed by atoms with van der Waals surface area (Å²) in [5, 5.41) is 0.452. The molecule has 4 heterocycles. The van der Waals surface area contributed by atoms with Crippen molar-refractivity contribution in [2.75, 3.05) is 13.1 Å². The lowest BCUT2D eigenvalue weighted by Crippen LogP contribution is -2.48. The fourth-order valence-electron chi connectivity index (χ4n) is 3.74. The van der Waals surface area contributed by atoms with Crippen LogP contribution < -0.4 is 5.56 Å². The average molecular weight is 354 g/mol. The van der Waals surface area contributed by atoms with Gasteiger partial charge < -0.3 is 14.2 Å². The maximum absolute atomic E-state index is 13.1. The van der Waals surface area contributed by atoms with Crippen molar-refractivity contribution in [3.05, 3.63) is 46.0 Å². The van der Waals surface area contributed by atoms with Gasteiger partial charge in [0.2, 0.25) is 0 Å². The molecule has 0 bridgehead atoms. The highest BCUT2D eigenvalue weighted by atomic mass is 16.5. The Bertz CT molecular complexity index is 1070. The summed E-state index contributed by atoms with van der Waals surface area (Å²) in [6, 6.07) is 5.40. The number of hydrogen-bond acceptors (Lipinski definition) is 4. The van der Waals surface area contributed by atoms with E-state index in [0.29, 0.717) is 35.5 Å². The molecule has 1 saturated heterocycles. The van der Waals surface area contributed by atoms with E-state index < -0.39 is 0 Å². The molecule has 0 aromatic carbocycles. The van der Waals surface area contributed by atoms with Gasteiger partial charge in [-0.05, 0) is 38.5 Å². The third kappa shape index (κ3) is 2.50. The molecular weight excluding hydrogens is 332 g/mol. The molecule has 3 aromatic heterocycles. The lowest BCUT2D eigenvalue weighted by molar-refractivity contribution is -0.0588. The zero-order valence-electron chi connectivity index (χ0n) is 15.4. The topological polar surface area (TPSA) is 68.8 Å². The van der Waals surface area contributed by atoms with E-state index in [9.17, 15) is 9.59 Å². The number of carbonyl (C=O) groups is 1. The Morgan fingerprint density at radius 2 is 1.92 bits per heavy atom. The molecule has 1 aliphatic heterocycles. The quantitative estimate of drug-likeness (QED) is 0.668. The summed E-state index contributed by atoms with van der Waals surface area (Å²) in [5.41, 5.74) is 2.36. The number of rotatable bonds is 1. The maximum atomic E-state index is 13.1. The predicted molar refractivity (Wildman–Crippen MR) is 98.6 cm³/mol. The van der Waals surface area contributed by atoms with Crippen LogP contribution in [0.5, 0.6) is 0 Å². The van der Waals surface area contributed by atoms with Crippen LogP contribution in [0.3, 0.4) is 0 Å². The minimum Gasteiger partial charge on any atom is -0.372 e. The number of pyridine rings is 1. The molecule has 7 heteroatoms. The fourth-order valence-corrected chi connectivity index (χ4v) is 3.74. The molecule has 0 saturated carbocycles. The number of carbonyl (C=O) groups excluding carboxylic acids is 1. The van der Waals surface area contributed by atoms with Gasteiger partial charge in [0, 0.05) is 26.3 Å². The number of fused-ring (bicyclic) bond motifs is 2. The minimum atomic E-state index is -0.160. The van der Waals surface area contributed by atoms with E-state index in [1.807, 2.05) is 32.9 Å². The van der Waals surface area contributed by atoms with Crippen LogP contribution in [-0.2, 0) is 11.8 Å². The van der Waals surface area contributed by atoms with E-state index in [4.69, 9.17) is 4.74 Å². The fraction of sp³-hybridized carbons (Fsp3) is 0.421. The Labute approximate surface area is 150 Å². The standard InChI is InChI=1S/C19H22N4O3/c1-11-6-5-7-23-16(11)20-17-14(18(23)24)8-15(21(17)4)19(25)22-9-12(2)26-13(3)10-22/h5-8,12-13H,9-10H2,1-4H3/t12-,13-/m0/s1. The highest BCUT2D eigenvalue weighted by Crippen LogP contribution is 2.20. The molecule has 1 aliphatic rings. The van der Waals surface area contributed by atoms with E-state index >= 15 is 0 Å². The smallest absolute Gasteiger partial charge is 0.270 e.